The number of thioether (sulfide) groups is 1. The molecule has 0 unspecified atom stereocenters. The number of amides is 2. The summed E-state index contributed by atoms with van der Waals surface area (Å²) in [4.78, 5) is 30.2. The van der Waals surface area contributed by atoms with Crippen LogP contribution >= 0.6 is 24.0 Å². The number of aryl methyl sites for hydroxylation is 1. The van der Waals surface area contributed by atoms with Gasteiger partial charge in [0, 0.05) is 17.7 Å². The topological polar surface area (TPSA) is 40.6 Å². The van der Waals surface area contributed by atoms with Crippen LogP contribution in [0.1, 0.15) is 44.4 Å². The number of rotatable bonds is 1. The zero-order chi connectivity index (χ0) is 19.0. The Morgan fingerprint density at radius 3 is 2.38 bits per heavy atom. The highest BCUT2D eigenvalue weighted by atomic mass is 32.2. The number of benzene rings is 1. The fourth-order valence-corrected chi connectivity index (χ4v) is 5.56. The summed E-state index contributed by atoms with van der Waals surface area (Å²) in [6.45, 7) is 10.6. The van der Waals surface area contributed by atoms with Crippen molar-refractivity contribution < 1.29 is 9.59 Å². The van der Waals surface area contributed by atoms with Gasteiger partial charge in [0.2, 0.25) is 0 Å². The number of anilines is 1. The first-order chi connectivity index (χ1) is 12.2. The first kappa shape index (κ1) is 17.5. The summed E-state index contributed by atoms with van der Waals surface area (Å²) in [7, 11) is 0. The second-order valence-electron chi connectivity index (χ2n) is 7.45. The van der Waals surface area contributed by atoms with E-state index >= 15 is 0 Å². The SMILES string of the molecule is CCN1C(=O)C(=C2C(=O)N3c4c(cc(C)cc42)C(C)=CC3(C)C)SC1=S. The monoisotopic (exact) mass is 384 g/mol. The third-order valence-electron chi connectivity index (χ3n) is 5.13. The first-order valence-corrected chi connectivity index (χ1v) is 9.87. The Morgan fingerprint density at radius 2 is 1.77 bits per heavy atom. The molecule has 26 heavy (non-hydrogen) atoms. The number of nitrogens with zero attached hydrogens (tertiary/aromatic N) is 2. The molecule has 3 aliphatic rings. The van der Waals surface area contributed by atoms with Crippen molar-refractivity contribution in [2.24, 2.45) is 0 Å². The maximum Gasteiger partial charge on any atom is 0.266 e. The summed E-state index contributed by atoms with van der Waals surface area (Å²) in [5.41, 5.74) is 5.11. The molecule has 2 amide bonds. The normalized spacial score (nSPS) is 23.7. The van der Waals surface area contributed by atoms with Crippen molar-refractivity contribution in [3.05, 3.63) is 39.8 Å². The van der Waals surface area contributed by atoms with E-state index in [2.05, 4.69) is 19.1 Å². The van der Waals surface area contributed by atoms with E-state index in [4.69, 9.17) is 12.2 Å². The molecular formula is C20H20N2O2S2. The molecule has 1 saturated heterocycles. The smallest absolute Gasteiger partial charge is 0.266 e. The minimum absolute atomic E-state index is 0.114. The molecule has 1 aromatic rings. The van der Waals surface area contributed by atoms with E-state index in [9.17, 15) is 9.59 Å². The molecular weight excluding hydrogens is 364 g/mol. The largest absolute Gasteiger partial charge is 0.298 e. The highest BCUT2D eigenvalue weighted by Crippen LogP contribution is 2.52. The van der Waals surface area contributed by atoms with E-state index in [-0.39, 0.29) is 11.8 Å². The predicted molar refractivity (Wildman–Crippen MR) is 111 cm³/mol. The zero-order valence-electron chi connectivity index (χ0n) is 15.5. The molecule has 1 aromatic carbocycles. The van der Waals surface area contributed by atoms with E-state index in [1.165, 1.54) is 11.8 Å². The van der Waals surface area contributed by atoms with Crippen molar-refractivity contribution >= 4 is 56.9 Å². The predicted octanol–water partition coefficient (Wildman–Crippen LogP) is 4.13. The van der Waals surface area contributed by atoms with Gasteiger partial charge in [0.05, 0.1) is 21.7 Å². The van der Waals surface area contributed by atoms with Gasteiger partial charge in [0.15, 0.2) is 0 Å². The first-order valence-electron chi connectivity index (χ1n) is 8.64. The Hall–Kier alpha value is -1.92. The van der Waals surface area contributed by atoms with Crippen molar-refractivity contribution in [1.29, 1.82) is 0 Å². The highest BCUT2D eigenvalue weighted by Gasteiger charge is 2.48. The molecule has 0 atom stereocenters. The van der Waals surface area contributed by atoms with Gasteiger partial charge in [0.25, 0.3) is 11.8 Å². The lowest BCUT2D eigenvalue weighted by Crippen LogP contribution is -2.46. The lowest BCUT2D eigenvalue weighted by Gasteiger charge is -2.38. The molecule has 134 valence electrons. The lowest BCUT2D eigenvalue weighted by molar-refractivity contribution is -0.122. The number of allylic oxidation sites excluding steroid dienone is 1. The molecule has 0 bridgehead atoms. The maximum atomic E-state index is 13.5. The molecule has 0 aromatic heterocycles. The van der Waals surface area contributed by atoms with Gasteiger partial charge < -0.3 is 0 Å². The molecule has 4 rings (SSSR count). The Morgan fingerprint density at radius 1 is 1.12 bits per heavy atom. The summed E-state index contributed by atoms with van der Waals surface area (Å²) in [6.07, 6.45) is 2.12. The molecule has 0 N–H and O–H groups in total. The number of carbonyl (C=O) groups excluding carboxylic acids is 2. The van der Waals surface area contributed by atoms with Gasteiger partial charge in [-0.05, 0) is 57.9 Å². The van der Waals surface area contributed by atoms with Crippen LogP contribution in [0, 0.1) is 6.92 Å². The minimum atomic E-state index is -0.447. The summed E-state index contributed by atoms with van der Waals surface area (Å²) < 4.78 is 0.518. The Labute approximate surface area is 162 Å². The van der Waals surface area contributed by atoms with Crippen molar-refractivity contribution in [2.45, 2.75) is 40.2 Å². The second kappa shape index (κ2) is 5.54. The number of carbonyl (C=O) groups is 2. The standard InChI is InChI=1S/C20H20N2O2S2/c1-6-21-18(24)16(26-19(21)25)14-13-8-10(2)7-12-11(3)9-20(4,5)22(15(12)13)17(14)23/h7-9H,6H2,1-5H3. The molecule has 0 aliphatic carbocycles. The second-order valence-corrected chi connectivity index (χ2v) is 9.10. The number of thiocarbonyl (C=S) groups is 1. The van der Waals surface area contributed by atoms with E-state index in [1.807, 2.05) is 38.7 Å². The van der Waals surface area contributed by atoms with Crippen LogP contribution in [0.5, 0.6) is 0 Å². The van der Waals surface area contributed by atoms with E-state index in [0.717, 1.165) is 28.0 Å². The van der Waals surface area contributed by atoms with E-state index < -0.39 is 5.54 Å². The van der Waals surface area contributed by atoms with Crippen LogP contribution in [0.15, 0.2) is 23.1 Å². The van der Waals surface area contributed by atoms with Crippen molar-refractivity contribution in [2.75, 3.05) is 11.4 Å². The third-order valence-corrected chi connectivity index (χ3v) is 6.58. The van der Waals surface area contributed by atoms with Crippen molar-refractivity contribution in [3.8, 4) is 0 Å². The average Bonchev–Trinajstić information content (AvgIpc) is 2.98. The van der Waals surface area contributed by atoms with Crippen LogP contribution < -0.4 is 4.90 Å². The number of likely N-dealkylation sites (N-methyl/N-ethyl adjacent to an activating group) is 1. The van der Waals surface area contributed by atoms with Crippen LogP contribution in [-0.2, 0) is 9.59 Å². The van der Waals surface area contributed by atoms with Gasteiger partial charge in [-0.1, -0.05) is 30.1 Å². The Balaban J connectivity index is 2.04. The summed E-state index contributed by atoms with van der Waals surface area (Å²) in [5, 5.41) is 0. The Kier molecular flexibility index (Phi) is 3.72. The third kappa shape index (κ3) is 2.18. The molecule has 3 aliphatic heterocycles. The molecule has 0 spiro atoms. The summed E-state index contributed by atoms with van der Waals surface area (Å²) in [5.74, 6) is -0.277. The summed E-state index contributed by atoms with van der Waals surface area (Å²) in [6, 6.07) is 4.12. The quantitative estimate of drug-likeness (QED) is 0.539. The van der Waals surface area contributed by atoms with E-state index in [1.54, 1.807) is 4.90 Å². The van der Waals surface area contributed by atoms with Crippen molar-refractivity contribution in [1.82, 2.24) is 4.90 Å². The van der Waals surface area contributed by atoms with Crippen LogP contribution in [0.3, 0.4) is 0 Å². The molecule has 0 saturated carbocycles. The maximum absolute atomic E-state index is 13.5. The van der Waals surface area contributed by atoms with Gasteiger partial charge in [0.1, 0.15) is 4.32 Å². The van der Waals surface area contributed by atoms with Gasteiger partial charge in [-0.3, -0.25) is 19.4 Å². The van der Waals surface area contributed by atoms with Gasteiger partial charge in [-0.15, -0.1) is 0 Å². The fourth-order valence-electron chi connectivity index (χ4n) is 4.10. The molecule has 1 fully saturated rings. The average molecular weight is 385 g/mol. The molecule has 3 heterocycles. The summed E-state index contributed by atoms with van der Waals surface area (Å²) >= 11 is 6.59. The fraction of sp³-hybridized carbons (Fsp3) is 0.350. The van der Waals surface area contributed by atoms with Gasteiger partial charge in [-0.25, -0.2) is 0 Å². The Bertz CT molecular complexity index is 972. The number of hydrogen-bond acceptors (Lipinski definition) is 4. The van der Waals surface area contributed by atoms with Crippen molar-refractivity contribution in [3.63, 3.8) is 0 Å². The lowest BCUT2D eigenvalue weighted by atomic mass is 9.88. The molecule has 0 radical (unpaired) electrons. The van der Waals surface area contributed by atoms with Gasteiger partial charge >= 0.3 is 0 Å². The highest BCUT2D eigenvalue weighted by molar-refractivity contribution is 8.26. The van der Waals surface area contributed by atoms with Crippen LogP contribution in [0.2, 0.25) is 0 Å². The van der Waals surface area contributed by atoms with E-state index in [0.29, 0.717) is 21.3 Å². The minimum Gasteiger partial charge on any atom is -0.298 e. The molecule has 4 nitrogen and oxygen atoms in total. The zero-order valence-corrected chi connectivity index (χ0v) is 17.1. The van der Waals surface area contributed by atoms with Gasteiger partial charge in [-0.2, -0.15) is 0 Å². The van der Waals surface area contributed by atoms with Crippen LogP contribution in [0.25, 0.3) is 11.1 Å². The van der Waals surface area contributed by atoms with Crippen LogP contribution in [-0.4, -0.2) is 33.1 Å². The molecule has 6 heteroatoms. The number of hydrogen-bond donors (Lipinski definition) is 0. The van der Waals surface area contributed by atoms with Crippen LogP contribution in [0.4, 0.5) is 5.69 Å².